The highest BCUT2D eigenvalue weighted by molar-refractivity contribution is 5.68. The van der Waals surface area contributed by atoms with Gasteiger partial charge in [0.25, 0.3) is 0 Å². The summed E-state index contributed by atoms with van der Waals surface area (Å²) < 4.78 is 5.73. The van der Waals surface area contributed by atoms with E-state index < -0.39 is 0 Å². The first-order valence-corrected chi connectivity index (χ1v) is 11.4. The first kappa shape index (κ1) is 21.2. The molecule has 4 atom stereocenters. The second-order valence-corrected chi connectivity index (χ2v) is 9.31. The van der Waals surface area contributed by atoms with Crippen molar-refractivity contribution in [3.05, 3.63) is 106 Å². The zero-order valence-corrected chi connectivity index (χ0v) is 18.9. The van der Waals surface area contributed by atoms with Gasteiger partial charge in [0.05, 0.1) is 7.11 Å². The molecule has 4 aromatic rings. The van der Waals surface area contributed by atoms with Crippen LogP contribution in [-0.4, -0.2) is 32.6 Å². The van der Waals surface area contributed by atoms with Gasteiger partial charge in [-0.3, -0.25) is 0 Å². The fourth-order valence-electron chi connectivity index (χ4n) is 6.30. The summed E-state index contributed by atoms with van der Waals surface area (Å²) in [4.78, 5) is 0. The Hall–Kier alpha value is -4.32. The standard InChI is InChI=1S/C29H24O6/c1-35-23-13-19(33)11-21-27(23)25(15-4-8-17(31)9-5-15)28-20-10-18(32)12-22(34)26(20)24(29(21)28)14-2-6-16(30)7-3-14/h2-13,24-25,28-34H,1H3. The molecular weight excluding hydrogens is 444 g/mol. The summed E-state index contributed by atoms with van der Waals surface area (Å²) in [6.45, 7) is 0. The highest BCUT2D eigenvalue weighted by Crippen LogP contribution is 2.69. The molecule has 0 bridgehead atoms. The van der Waals surface area contributed by atoms with Crippen LogP contribution in [-0.2, 0) is 0 Å². The van der Waals surface area contributed by atoms with E-state index in [-0.39, 0.29) is 52.4 Å². The molecule has 0 aromatic heterocycles. The number of fused-ring (bicyclic) bond motifs is 5. The topological polar surface area (TPSA) is 110 Å². The van der Waals surface area contributed by atoms with Crippen molar-refractivity contribution in [2.24, 2.45) is 0 Å². The zero-order valence-electron chi connectivity index (χ0n) is 18.9. The molecule has 4 unspecified atom stereocenters. The predicted molar refractivity (Wildman–Crippen MR) is 130 cm³/mol. The predicted octanol–water partition coefficient (Wildman–Crippen LogP) is 5.38. The van der Waals surface area contributed by atoms with E-state index in [9.17, 15) is 25.5 Å². The average molecular weight is 469 g/mol. The Morgan fingerprint density at radius 2 is 1.00 bits per heavy atom. The monoisotopic (exact) mass is 468 g/mol. The van der Waals surface area contributed by atoms with Crippen molar-refractivity contribution in [1.82, 2.24) is 0 Å². The molecule has 0 spiro atoms. The van der Waals surface area contributed by atoms with Crippen molar-refractivity contribution in [3.8, 4) is 34.5 Å². The number of benzene rings is 4. The van der Waals surface area contributed by atoms with Gasteiger partial charge < -0.3 is 30.3 Å². The van der Waals surface area contributed by atoms with Crippen LogP contribution in [0, 0.1) is 0 Å². The molecule has 2 aliphatic rings. The van der Waals surface area contributed by atoms with E-state index in [1.165, 1.54) is 6.07 Å². The fraction of sp³-hybridized carbons (Fsp3) is 0.172. The molecule has 0 fully saturated rings. The van der Waals surface area contributed by atoms with Crippen LogP contribution < -0.4 is 4.74 Å². The van der Waals surface area contributed by atoms with Gasteiger partial charge in [0.15, 0.2) is 0 Å². The minimum Gasteiger partial charge on any atom is -0.508 e. The number of hydrogen-bond acceptors (Lipinski definition) is 6. The van der Waals surface area contributed by atoms with Crippen molar-refractivity contribution in [3.63, 3.8) is 0 Å². The van der Waals surface area contributed by atoms with Gasteiger partial charge in [0, 0.05) is 46.9 Å². The van der Waals surface area contributed by atoms with Crippen LogP contribution in [0.3, 0.4) is 0 Å². The second kappa shape index (κ2) is 7.60. The van der Waals surface area contributed by atoms with E-state index in [1.807, 2.05) is 24.3 Å². The third kappa shape index (κ3) is 3.10. The quantitative estimate of drug-likeness (QED) is 0.276. The van der Waals surface area contributed by atoms with E-state index in [0.717, 1.165) is 33.4 Å². The summed E-state index contributed by atoms with van der Waals surface area (Å²) in [6, 6.07) is 20.4. The molecule has 0 aliphatic heterocycles. The molecule has 35 heavy (non-hydrogen) atoms. The maximum absolute atomic E-state index is 11.0. The highest BCUT2D eigenvalue weighted by atomic mass is 16.5. The molecule has 6 heteroatoms. The summed E-state index contributed by atoms with van der Waals surface area (Å²) in [6.07, 6.45) is 0. The van der Waals surface area contributed by atoms with Crippen LogP contribution in [0.5, 0.6) is 34.5 Å². The number of methoxy groups -OCH3 is 1. The molecule has 5 N–H and O–H groups in total. The minimum absolute atomic E-state index is 0.00518. The van der Waals surface area contributed by atoms with E-state index in [1.54, 1.807) is 49.6 Å². The molecule has 0 saturated heterocycles. The van der Waals surface area contributed by atoms with Crippen LogP contribution in [0.25, 0.3) is 0 Å². The molecule has 4 aromatic carbocycles. The number of ether oxygens (including phenoxy) is 1. The molecular formula is C29H24O6. The maximum atomic E-state index is 11.0. The minimum atomic E-state index is -0.288. The van der Waals surface area contributed by atoms with Crippen molar-refractivity contribution >= 4 is 0 Å². The van der Waals surface area contributed by atoms with Crippen LogP contribution in [0.1, 0.15) is 57.1 Å². The first-order chi connectivity index (χ1) is 16.9. The lowest BCUT2D eigenvalue weighted by Gasteiger charge is -2.23. The van der Waals surface area contributed by atoms with Crippen LogP contribution in [0.15, 0.2) is 72.8 Å². The normalized spacial score (nSPS) is 21.9. The van der Waals surface area contributed by atoms with Gasteiger partial charge in [0.2, 0.25) is 0 Å². The van der Waals surface area contributed by atoms with Crippen molar-refractivity contribution in [2.45, 2.75) is 23.7 Å². The molecule has 2 aliphatic carbocycles. The summed E-state index contributed by atoms with van der Waals surface area (Å²) >= 11 is 0. The molecule has 6 rings (SSSR count). The molecule has 0 heterocycles. The summed E-state index contributed by atoms with van der Waals surface area (Å²) in [5, 5.41) is 51.9. The third-order valence-corrected chi connectivity index (χ3v) is 7.50. The lowest BCUT2D eigenvalue weighted by molar-refractivity contribution is 0.401. The lowest BCUT2D eigenvalue weighted by Crippen LogP contribution is -2.10. The van der Waals surface area contributed by atoms with Gasteiger partial charge in [-0.05, 0) is 58.7 Å². The van der Waals surface area contributed by atoms with Gasteiger partial charge in [-0.1, -0.05) is 24.3 Å². The van der Waals surface area contributed by atoms with Crippen molar-refractivity contribution < 1.29 is 30.3 Å². The summed E-state index contributed by atoms with van der Waals surface area (Å²) in [5.41, 5.74) is 5.22. The number of phenols is 5. The average Bonchev–Trinajstić information content (AvgIpc) is 3.33. The Morgan fingerprint density at radius 1 is 0.543 bits per heavy atom. The van der Waals surface area contributed by atoms with Gasteiger partial charge in [-0.15, -0.1) is 0 Å². The van der Waals surface area contributed by atoms with Gasteiger partial charge in [-0.2, -0.15) is 0 Å². The zero-order chi connectivity index (χ0) is 24.4. The Morgan fingerprint density at radius 3 is 1.51 bits per heavy atom. The van der Waals surface area contributed by atoms with Gasteiger partial charge in [0.1, 0.15) is 34.5 Å². The van der Waals surface area contributed by atoms with E-state index in [4.69, 9.17) is 4.74 Å². The summed E-state index contributed by atoms with van der Waals surface area (Å²) in [7, 11) is 1.57. The fourth-order valence-corrected chi connectivity index (χ4v) is 6.30. The largest absolute Gasteiger partial charge is 0.508 e. The Bertz CT molecular complexity index is 1440. The molecule has 0 radical (unpaired) electrons. The van der Waals surface area contributed by atoms with Gasteiger partial charge in [-0.25, -0.2) is 0 Å². The smallest absolute Gasteiger partial charge is 0.126 e. The van der Waals surface area contributed by atoms with Crippen LogP contribution >= 0.6 is 0 Å². The number of hydrogen-bond donors (Lipinski definition) is 5. The second-order valence-electron chi connectivity index (χ2n) is 9.31. The lowest BCUT2D eigenvalue weighted by atomic mass is 9.79. The van der Waals surface area contributed by atoms with E-state index in [2.05, 4.69) is 0 Å². The maximum Gasteiger partial charge on any atom is 0.126 e. The molecule has 0 amide bonds. The first-order valence-electron chi connectivity index (χ1n) is 11.4. The van der Waals surface area contributed by atoms with Crippen LogP contribution in [0.4, 0.5) is 0 Å². The van der Waals surface area contributed by atoms with Gasteiger partial charge >= 0.3 is 0 Å². The molecule has 0 saturated carbocycles. The Kier molecular flexibility index (Phi) is 4.61. The highest BCUT2D eigenvalue weighted by Gasteiger charge is 2.54. The Labute approximate surface area is 202 Å². The van der Waals surface area contributed by atoms with Crippen molar-refractivity contribution in [2.75, 3.05) is 7.11 Å². The number of phenolic OH excluding ortho intramolecular Hbond substituents is 5. The van der Waals surface area contributed by atoms with Crippen molar-refractivity contribution in [1.29, 1.82) is 0 Å². The molecule has 6 nitrogen and oxygen atoms in total. The molecule has 176 valence electrons. The number of rotatable bonds is 3. The Balaban J connectivity index is 1.68. The van der Waals surface area contributed by atoms with Crippen LogP contribution in [0.2, 0.25) is 0 Å². The summed E-state index contributed by atoms with van der Waals surface area (Å²) in [5.74, 6) is 0.0518. The third-order valence-electron chi connectivity index (χ3n) is 7.50. The van der Waals surface area contributed by atoms with E-state index in [0.29, 0.717) is 5.75 Å². The van der Waals surface area contributed by atoms with E-state index >= 15 is 0 Å². The number of aromatic hydroxyl groups is 5. The SMILES string of the molecule is COc1cc(O)cc2c1C(c1ccc(O)cc1)C1c3cc(O)cc(O)c3C(c3ccc(O)cc3)C21.